The summed E-state index contributed by atoms with van der Waals surface area (Å²) < 4.78 is 36.6. The van der Waals surface area contributed by atoms with Crippen LogP contribution in [0.5, 0.6) is 0 Å². The van der Waals surface area contributed by atoms with Gasteiger partial charge in [0.05, 0.1) is 17.9 Å². The summed E-state index contributed by atoms with van der Waals surface area (Å²) >= 11 is 0. The maximum Gasteiger partial charge on any atom is 0.405 e. The summed E-state index contributed by atoms with van der Waals surface area (Å²) in [4.78, 5) is 0.958. The third-order valence-electron chi connectivity index (χ3n) is 2.19. The fraction of sp³-hybridized carbons (Fsp3) is 0.364. The summed E-state index contributed by atoms with van der Waals surface area (Å²) in [7, 11) is 1.27. The summed E-state index contributed by atoms with van der Waals surface area (Å²) in [5.41, 5.74) is 0.802. The Morgan fingerprint density at radius 2 is 2.06 bits per heavy atom. The molecule has 17 heavy (non-hydrogen) atoms. The highest BCUT2D eigenvalue weighted by Gasteiger charge is 2.30. The molecular weight excluding hydrogens is 233 g/mol. The monoisotopic (exact) mass is 244 g/mol. The molecule has 0 aliphatic heterocycles. The summed E-state index contributed by atoms with van der Waals surface area (Å²) in [6.07, 6.45) is -4.32. The molecule has 0 fully saturated rings. The fourth-order valence-corrected chi connectivity index (χ4v) is 1.46. The van der Waals surface area contributed by atoms with Crippen LogP contribution in [0.15, 0.2) is 18.2 Å². The van der Waals surface area contributed by atoms with Gasteiger partial charge < -0.3 is 10.0 Å². The SMILES string of the molecule is CN(CC(F)(F)F)c1ccc(CO)cc1C#N. The largest absolute Gasteiger partial charge is 0.405 e. The van der Waals surface area contributed by atoms with Crippen molar-refractivity contribution in [2.24, 2.45) is 0 Å². The number of rotatable bonds is 3. The van der Waals surface area contributed by atoms with E-state index in [9.17, 15) is 13.2 Å². The van der Waals surface area contributed by atoms with Gasteiger partial charge in [0.25, 0.3) is 0 Å². The van der Waals surface area contributed by atoms with Crippen LogP contribution in [0.25, 0.3) is 0 Å². The molecule has 0 unspecified atom stereocenters. The summed E-state index contributed by atoms with van der Waals surface area (Å²) in [5.74, 6) is 0. The van der Waals surface area contributed by atoms with Crippen LogP contribution in [-0.4, -0.2) is 24.9 Å². The summed E-state index contributed by atoms with van der Waals surface area (Å²) in [6, 6.07) is 6.08. The van der Waals surface area contributed by atoms with Gasteiger partial charge in [-0.1, -0.05) is 6.07 Å². The van der Waals surface area contributed by atoms with Crippen LogP contribution in [0.1, 0.15) is 11.1 Å². The second-order valence-electron chi connectivity index (χ2n) is 3.59. The first-order valence-electron chi connectivity index (χ1n) is 4.79. The number of anilines is 1. The molecule has 0 aliphatic carbocycles. The van der Waals surface area contributed by atoms with Gasteiger partial charge in [-0.05, 0) is 17.7 Å². The molecule has 1 N–H and O–H groups in total. The number of alkyl halides is 3. The van der Waals surface area contributed by atoms with Crippen LogP contribution < -0.4 is 4.90 Å². The van der Waals surface area contributed by atoms with Crippen LogP contribution in [0.4, 0.5) is 18.9 Å². The van der Waals surface area contributed by atoms with Gasteiger partial charge in [0.2, 0.25) is 0 Å². The first-order valence-corrected chi connectivity index (χ1v) is 4.79. The van der Waals surface area contributed by atoms with Gasteiger partial charge in [-0.15, -0.1) is 0 Å². The highest BCUT2D eigenvalue weighted by atomic mass is 19.4. The number of benzene rings is 1. The zero-order valence-electron chi connectivity index (χ0n) is 9.12. The van der Waals surface area contributed by atoms with E-state index in [0.717, 1.165) is 4.90 Å². The van der Waals surface area contributed by atoms with Gasteiger partial charge >= 0.3 is 6.18 Å². The predicted molar refractivity (Wildman–Crippen MR) is 56.4 cm³/mol. The molecule has 0 saturated carbocycles. The predicted octanol–water partition coefficient (Wildman–Crippen LogP) is 2.05. The van der Waals surface area contributed by atoms with Crippen molar-refractivity contribution in [2.75, 3.05) is 18.5 Å². The van der Waals surface area contributed by atoms with Gasteiger partial charge in [-0.25, -0.2) is 0 Å². The molecule has 0 heterocycles. The highest BCUT2D eigenvalue weighted by molar-refractivity contribution is 5.60. The molecule has 6 heteroatoms. The molecule has 0 amide bonds. The average molecular weight is 244 g/mol. The molecule has 1 aromatic carbocycles. The van der Waals surface area contributed by atoms with Gasteiger partial charge in [-0.3, -0.25) is 0 Å². The highest BCUT2D eigenvalue weighted by Crippen LogP contribution is 2.24. The minimum atomic E-state index is -4.32. The molecule has 0 aromatic heterocycles. The zero-order valence-corrected chi connectivity index (χ0v) is 9.12. The molecule has 0 saturated heterocycles. The van der Waals surface area contributed by atoms with Crippen LogP contribution in [0.3, 0.4) is 0 Å². The quantitative estimate of drug-likeness (QED) is 0.885. The van der Waals surface area contributed by atoms with Crippen molar-refractivity contribution < 1.29 is 18.3 Å². The van der Waals surface area contributed by atoms with E-state index in [-0.39, 0.29) is 17.9 Å². The Balaban J connectivity index is 3.02. The standard InChI is InChI=1S/C11H11F3N2O/c1-16(7-11(12,13)14)10-3-2-8(6-17)4-9(10)5-15/h2-4,17H,6-7H2,1H3. The number of hydrogen-bond donors (Lipinski definition) is 1. The van der Waals surface area contributed by atoms with Gasteiger partial charge in [0.1, 0.15) is 12.6 Å². The first kappa shape index (κ1) is 13.3. The average Bonchev–Trinajstić information content (AvgIpc) is 2.25. The number of hydrogen-bond acceptors (Lipinski definition) is 3. The Kier molecular flexibility index (Phi) is 3.97. The van der Waals surface area contributed by atoms with Crippen molar-refractivity contribution in [1.29, 1.82) is 5.26 Å². The smallest absolute Gasteiger partial charge is 0.392 e. The second-order valence-corrected chi connectivity index (χ2v) is 3.59. The van der Waals surface area contributed by atoms with Crippen molar-refractivity contribution in [2.45, 2.75) is 12.8 Å². The Bertz CT molecular complexity index is 437. The fourth-order valence-electron chi connectivity index (χ4n) is 1.46. The van der Waals surface area contributed by atoms with Gasteiger partial charge in [-0.2, -0.15) is 18.4 Å². The van der Waals surface area contributed by atoms with Crippen molar-refractivity contribution >= 4 is 5.69 Å². The molecule has 0 bridgehead atoms. The lowest BCUT2D eigenvalue weighted by Gasteiger charge is -2.22. The minimum Gasteiger partial charge on any atom is -0.392 e. The third kappa shape index (κ3) is 3.64. The van der Waals surface area contributed by atoms with E-state index in [2.05, 4.69) is 0 Å². The van der Waals surface area contributed by atoms with Crippen LogP contribution in [0, 0.1) is 11.3 Å². The number of nitrogens with zero attached hydrogens (tertiary/aromatic N) is 2. The van der Waals surface area contributed by atoms with Crippen molar-refractivity contribution in [3.05, 3.63) is 29.3 Å². The minimum absolute atomic E-state index is 0.114. The Morgan fingerprint density at radius 1 is 1.41 bits per heavy atom. The van der Waals surface area contributed by atoms with Crippen molar-refractivity contribution in [3.63, 3.8) is 0 Å². The summed E-state index contributed by atoms with van der Waals surface area (Å²) in [6.45, 7) is -1.38. The molecule has 3 nitrogen and oxygen atoms in total. The maximum atomic E-state index is 12.2. The molecule has 1 aromatic rings. The van der Waals surface area contributed by atoms with Crippen molar-refractivity contribution in [1.82, 2.24) is 0 Å². The van der Waals surface area contributed by atoms with E-state index >= 15 is 0 Å². The van der Waals surface area contributed by atoms with Crippen LogP contribution >= 0.6 is 0 Å². The zero-order chi connectivity index (χ0) is 13.1. The Hall–Kier alpha value is -1.74. The second kappa shape index (κ2) is 5.06. The molecular formula is C11H11F3N2O. The molecule has 1 rings (SSSR count). The number of halogens is 3. The van der Waals surface area contributed by atoms with E-state index in [4.69, 9.17) is 10.4 Å². The molecule has 0 aliphatic rings. The third-order valence-corrected chi connectivity index (χ3v) is 2.19. The lowest BCUT2D eigenvalue weighted by molar-refractivity contribution is -0.119. The molecule has 92 valence electrons. The van der Waals surface area contributed by atoms with E-state index in [0.29, 0.717) is 5.56 Å². The lowest BCUT2D eigenvalue weighted by Crippen LogP contribution is -2.31. The van der Waals surface area contributed by atoms with Crippen molar-refractivity contribution in [3.8, 4) is 6.07 Å². The van der Waals surface area contributed by atoms with E-state index < -0.39 is 12.7 Å². The molecule has 0 atom stereocenters. The van der Waals surface area contributed by atoms with Crippen LogP contribution in [0.2, 0.25) is 0 Å². The van der Waals surface area contributed by atoms with E-state index in [1.807, 2.05) is 6.07 Å². The Morgan fingerprint density at radius 3 is 2.53 bits per heavy atom. The van der Waals surface area contributed by atoms with E-state index in [1.165, 1.54) is 25.2 Å². The van der Waals surface area contributed by atoms with Crippen LogP contribution in [-0.2, 0) is 6.61 Å². The van der Waals surface area contributed by atoms with E-state index in [1.54, 1.807) is 0 Å². The summed E-state index contributed by atoms with van der Waals surface area (Å²) in [5, 5.41) is 17.7. The lowest BCUT2D eigenvalue weighted by atomic mass is 10.1. The Labute approximate surface area is 96.7 Å². The maximum absolute atomic E-state index is 12.2. The number of aliphatic hydroxyl groups excluding tert-OH is 1. The number of aliphatic hydroxyl groups is 1. The first-order chi connectivity index (χ1) is 7.87. The number of nitriles is 1. The van der Waals surface area contributed by atoms with Gasteiger partial charge in [0.15, 0.2) is 0 Å². The van der Waals surface area contributed by atoms with Gasteiger partial charge in [0, 0.05) is 7.05 Å². The normalized spacial score (nSPS) is 11.1. The molecule has 0 spiro atoms. The molecule has 0 radical (unpaired) electrons. The topological polar surface area (TPSA) is 47.3 Å².